The van der Waals surface area contributed by atoms with Crippen molar-refractivity contribution in [3.05, 3.63) is 65.5 Å². The Kier molecular flexibility index (Phi) is 7.47. The summed E-state index contributed by atoms with van der Waals surface area (Å²) in [5.41, 5.74) is -1.25. The van der Waals surface area contributed by atoms with Crippen LogP contribution in [0.4, 0.5) is 24.5 Å². The molecule has 0 radical (unpaired) electrons. The van der Waals surface area contributed by atoms with Gasteiger partial charge in [0.1, 0.15) is 11.9 Å². The summed E-state index contributed by atoms with van der Waals surface area (Å²) in [4.78, 5) is 44.9. The summed E-state index contributed by atoms with van der Waals surface area (Å²) in [5.74, 6) is -2.17. The number of aromatic nitrogens is 4. The van der Waals surface area contributed by atoms with Crippen molar-refractivity contribution in [2.75, 3.05) is 24.4 Å². The first-order valence-electron chi connectivity index (χ1n) is 11.1. The third-order valence-electron chi connectivity index (χ3n) is 5.38. The number of methoxy groups -OCH3 is 1. The van der Waals surface area contributed by atoms with E-state index in [0.29, 0.717) is 13.0 Å². The third kappa shape index (κ3) is 6.09. The van der Waals surface area contributed by atoms with Crippen molar-refractivity contribution in [1.29, 1.82) is 0 Å². The first-order valence-corrected chi connectivity index (χ1v) is 11.1. The molecular formula is C23H21F3N6O5. The van der Waals surface area contributed by atoms with Gasteiger partial charge in [-0.1, -0.05) is 0 Å². The van der Waals surface area contributed by atoms with Gasteiger partial charge in [0.05, 0.1) is 42.0 Å². The third-order valence-corrected chi connectivity index (χ3v) is 5.38. The van der Waals surface area contributed by atoms with E-state index in [1.165, 1.54) is 36.4 Å². The molecule has 0 aromatic carbocycles. The van der Waals surface area contributed by atoms with E-state index in [1.54, 1.807) is 0 Å². The number of carbonyl (C=O) groups excluding carboxylic acids is 3. The number of esters is 1. The van der Waals surface area contributed by atoms with Gasteiger partial charge in [-0.05, 0) is 37.5 Å². The van der Waals surface area contributed by atoms with Gasteiger partial charge in [0, 0.05) is 19.0 Å². The Bertz CT molecular complexity index is 1300. The SMILES string of the molecule is COC(=O)c1cncc(C(=O)Nc2cn(C3CCCCO3)nc2C(=O)Nc2ccc(C(F)(F)F)nc2)c1. The maximum absolute atomic E-state index is 13.0. The molecule has 3 aromatic heterocycles. The van der Waals surface area contributed by atoms with Crippen molar-refractivity contribution >= 4 is 29.2 Å². The van der Waals surface area contributed by atoms with Gasteiger partial charge in [0.2, 0.25) is 0 Å². The Balaban J connectivity index is 1.60. The summed E-state index contributed by atoms with van der Waals surface area (Å²) < 4.78 is 50.1. The number of hydrogen-bond donors (Lipinski definition) is 2. The van der Waals surface area contributed by atoms with Crippen molar-refractivity contribution in [1.82, 2.24) is 19.7 Å². The lowest BCUT2D eigenvalue weighted by molar-refractivity contribution is -0.141. The standard InChI is InChI=1S/C23H21F3N6O5/c1-36-22(35)14-8-13(9-27-10-14)20(33)30-16-12-32(18-4-2-3-7-37-18)31-19(16)21(34)29-15-5-6-17(28-11-15)23(24,25)26/h5-6,8-12,18H,2-4,7H2,1H3,(H,29,34)(H,30,33). The highest BCUT2D eigenvalue weighted by molar-refractivity contribution is 6.11. The number of amides is 2. The minimum absolute atomic E-state index is 0.00581. The van der Waals surface area contributed by atoms with Crippen LogP contribution in [0.15, 0.2) is 43.0 Å². The zero-order valence-electron chi connectivity index (χ0n) is 19.4. The summed E-state index contributed by atoms with van der Waals surface area (Å²) in [5, 5.41) is 9.27. The van der Waals surface area contributed by atoms with Crippen molar-refractivity contribution in [3.63, 3.8) is 0 Å². The number of rotatable bonds is 6. The van der Waals surface area contributed by atoms with Crippen LogP contribution in [0.5, 0.6) is 0 Å². The molecule has 11 nitrogen and oxygen atoms in total. The van der Waals surface area contributed by atoms with Crippen LogP contribution in [0, 0.1) is 0 Å². The molecule has 2 amide bonds. The maximum atomic E-state index is 13.0. The highest BCUT2D eigenvalue weighted by Gasteiger charge is 2.32. The Morgan fingerprint density at radius 3 is 2.51 bits per heavy atom. The summed E-state index contributed by atoms with van der Waals surface area (Å²) in [6, 6.07) is 3.06. The highest BCUT2D eigenvalue weighted by Crippen LogP contribution is 2.29. The normalized spacial score (nSPS) is 15.6. The van der Waals surface area contributed by atoms with Crippen molar-refractivity contribution in [2.45, 2.75) is 31.7 Å². The van der Waals surface area contributed by atoms with E-state index in [0.717, 1.165) is 31.2 Å². The van der Waals surface area contributed by atoms with E-state index in [9.17, 15) is 27.6 Å². The van der Waals surface area contributed by atoms with E-state index >= 15 is 0 Å². The van der Waals surface area contributed by atoms with Crippen LogP contribution in [0.25, 0.3) is 0 Å². The lowest BCUT2D eigenvalue weighted by Crippen LogP contribution is -2.20. The van der Waals surface area contributed by atoms with Crippen LogP contribution in [-0.4, -0.2) is 51.2 Å². The van der Waals surface area contributed by atoms with Crippen molar-refractivity contribution in [2.24, 2.45) is 0 Å². The fraction of sp³-hybridized carbons (Fsp3) is 0.304. The molecule has 37 heavy (non-hydrogen) atoms. The van der Waals surface area contributed by atoms with Crippen molar-refractivity contribution < 1.29 is 37.0 Å². The molecule has 4 rings (SSSR count). The molecule has 1 unspecified atom stereocenters. The van der Waals surface area contributed by atoms with Gasteiger partial charge in [-0.2, -0.15) is 18.3 Å². The summed E-state index contributed by atoms with van der Waals surface area (Å²) in [6.45, 7) is 0.497. The van der Waals surface area contributed by atoms with Gasteiger partial charge < -0.3 is 20.1 Å². The monoisotopic (exact) mass is 518 g/mol. The molecule has 0 bridgehead atoms. The number of pyridine rings is 2. The van der Waals surface area contributed by atoms with Gasteiger partial charge in [0.15, 0.2) is 5.69 Å². The molecule has 2 N–H and O–H groups in total. The lowest BCUT2D eigenvalue weighted by atomic mass is 10.2. The predicted octanol–water partition coefficient (Wildman–Crippen LogP) is 3.68. The van der Waals surface area contributed by atoms with Gasteiger partial charge in [0.25, 0.3) is 11.8 Å². The lowest BCUT2D eigenvalue weighted by Gasteiger charge is -2.22. The molecule has 14 heteroatoms. The second-order valence-corrected chi connectivity index (χ2v) is 7.98. The van der Waals surface area contributed by atoms with E-state index in [4.69, 9.17) is 4.74 Å². The largest absolute Gasteiger partial charge is 0.465 e. The van der Waals surface area contributed by atoms with E-state index in [2.05, 4.69) is 30.4 Å². The van der Waals surface area contributed by atoms with Crippen LogP contribution < -0.4 is 10.6 Å². The molecule has 3 aromatic rings. The van der Waals surface area contributed by atoms with Gasteiger partial charge in [-0.3, -0.25) is 14.6 Å². The minimum atomic E-state index is -4.63. The fourth-order valence-electron chi connectivity index (χ4n) is 3.54. The Labute approximate surface area is 208 Å². The minimum Gasteiger partial charge on any atom is -0.465 e. The predicted molar refractivity (Wildman–Crippen MR) is 122 cm³/mol. The highest BCUT2D eigenvalue weighted by atomic mass is 19.4. The number of nitrogens with one attached hydrogen (secondary N) is 2. The fourth-order valence-corrected chi connectivity index (χ4v) is 3.54. The maximum Gasteiger partial charge on any atom is 0.433 e. The van der Waals surface area contributed by atoms with Gasteiger partial charge in [-0.25, -0.2) is 14.5 Å². The summed E-state index contributed by atoms with van der Waals surface area (Å²) in [6.07, 6.45) is 2.03. The van der Waals surface area contributed by atoms with Crippen molar-refractivity contribution in [3.8, 4) is 0 Å². The van der Waals surface area contributed by atoms with E-state index < -0.39 is 35.9 Å². The quantitative estimate of drug-likeness (QED) is 0.472. The van der Waals surface area contributed by atoms with Crippen LogP contribution in [0.3, 0.4) is 0 Å². The molecule has 0 saturated carbocycles. The zero-order valence-corrected chi connectivity index (χ0v) is 19.4. The molecule has 0 aliphatic carbocycles. The average Bonchev–Trinajstić information content (AvgIpc) is 3.32. The molecular weight excluding hydrogens is 497 g/mol. The first-order chi connectivity index (χ1) is 17.7. The summed E-state index contributed by atoms with van der Waals surface area (Å²) >= 11 is 0. The van der Waals surface area contributed by atoms with E-state index in [-0.39, 0.29) is 28.2 Å². The zero-order chi connectivity index (χ0) is 26.6. The Morgan fingerprint density at radius 1 is 1.08 bits per heavy atom. The number of anilines is 2. The molecule has 194 valence electrons. The second kappa shape index (κ2) is 10.7. The number of halogens is 3. The number of alkyl halides is 3. The summed E-state index contributed by atoms with van der Waals surface area (Å²) in [7, 11) is 1.19. The molecule has 0 spiro atoms. The second-order valence-electron chi connectivity index (χ2n) is 7.98. The Morgan fingerprint density at radius 2 is 1.86 bits per heavy atom. The molecule has 1 atom stereocenters. The number of ether oxygens (including phenoxy) is 2. The number of carbonyl (C=O) groups is 3. The van der Waals surface area contributed by atoms with Crippen LogP contribution in [0.1, 0.15) is 62.4 Å². The molecule has 1 saturated heterocycles. The molecule has 1 fully saturated rings. The van der Waals surface area contributed by atoms with E-state index in [1.807, 2.05) is 0 Å². The average molecular weight is 518 g/mol. The number of hydrogen-bond acceptors (Lipinski definition) is 8. The first kappa shape index (κ1) is 25.8. The molecule has 1 aliphatic heterocycles. The molecule has 4 heterocycles. The topological polar surface area (TPSA) is 137 Å². The Hall–Kier alpha value is -4.33. The number of nitrogens with zero attached hydrogens (tertiary/aromatic N) is 4. The smallest absolute Gasteiger partial charge is 0.433 e. The molecule has 1 aliphatic rings. The van der Waals surface area contributed by atoms with Crippen LogP contribution in [-0.2, 0) is 15.7 Å². The van der Waals surface area contributed by atoms with Gasteiger partial charge in [-0.15, -0.1) is 0 Å². The van der Waals surface area contributed by atoms with Crippen LogP contribution in [0.2, 0.25) is 0 Å². The van der Waals surface area contributed by atoms with Gasteiger partial charge >= 0.3 is 12.1 Å². The van der Waals surface area contributed by atoms with Crippen LogP contribution >= 0.6 is 0 Å².